The number of anilines is 1. The lowest BCUT2D eigenvalue weighted by atomic mass is 10.1. The zero-order valence-corrected chi connectivity index (χ0v) is 17.1. The van der Waals surface area contributed by atoms with E-state index in [1.165, 1.54) is 40.7 Å². The Morgan fingerprint density at radius 2 is 1.93 bits per heavy atom. The van der Waals surface area contributed by atoms with E-state index in [-0.39, 0.29) is 22.2 Å². The van der Waals surface area contributed by atoms with E-state index in [0.29, 0.717) is 17.8 Å². The molecule has 0 aliphatic carbocycles. The van der Waals surface area contributed by atoms with Crippen LogP contribution >= 0.6 is 0 Å². The van der Waals surface area contributed by atoms with Crippen LogP contribution in [0.5, 0.6) is 0 Å². The average molecular weight is 417 g/mol. The first-order chi connectivity index (χ1) is 13.7. The van der Waals surface area contributed by atoms with Gasteiger partial charge in [0.25, 0.3) is 11.6 Å². The summed E-state index contributed by atoms with van der Waals surface area (Å²) in [4.78, 5) is 23.3. The van der Waals surface area contributed by atoms with Crippen LogP contribution in [0.2, 0.25) is 0 Å². The fourth-order valence-corrected chi connectivity index (χ4v) is 5.26. The Hall–Kier alpha value is -2.78. The van der Waals surface area contributed by atoms with Gasteiger partial charge in [0.2, 0.25) is 10.0 Å². The highest BCUT2D eigenvalue weighted by atomic mass is 32.2. The Labute approximate surface area is 169 Å². The van der Waals surface area contributed by atoms with E-state index < -0.39 is 20.9 Å². The van der Waals surface area contributed by atoms with Gasteiger partial charge in [0.05, 0.1) is 21.1 Å². The van der Waals surface area contributed by atoms with Crippen molar-refractivity contribution < 1.29 is 18.1 Å². The molecular formula is C20H23N3O5S. The number of nitro benzene ring substituents is 1. The minimum atomic E-state index is -3.70. The van der Waals surface area contributed by atoms with E-state index in [4.69, 9.17) is 0 Å². The topological polar surface area (TPSA) is 110 Å². The fourth-order valence-electron chi connectivity index (χ4n) is 3.51. The summed E-state index contributed by atoms with van der Waals surface area (Å²) < 4.78 is 27.5. The van der Waals surface area contributed by atoms with Crippen molar-refractivity contribution in [2.45, 2.75) is 44.0 Å². The molecule has 9 heteroatoms. The highest BCUT2D eigenvalue weighted by Crippen LogP contribution is 2.27. The van der Waals surface area contributed by atoms with Crippen LogP contribution in [0, 0.1) is 17.0 Å². The number of carbonyl (C=O) groups excluding carboxylic acids is 1. The van der Waals surface area contributed by atoms with E-state index in [2.05, 4.69) is 5.32 Å². The number of piperidine rings is 1. The number of hydrogen-bond donors (Lipinski definition) is 1. The normalized spacial score (nSPS) is 17.7. The van der Waals surface area contributed by atoms with Crippen LogP contribution in [0.15, 0.2) is 47.4 Å². The average Bonchev–Trinajstić information content (AvgIpc) is 2.69. The summed E-state index contributed by atoms with van der Waals surface area (Å²) in [5, 5.41) is 13.7. The molecular weight excluding hydrogens is 394 g/mol. The molecule has 1 aliphatic rings. The summed E-state index contributed by atoms with van der Waals surface area (Å²) in [6, 6.07) is 10.2. The number of nitro groups is 1. The number of nitrogens with one attached hydrogen (secondary N) is 1. The van der Waals surface area contributed by atoms with Crippen LogP contribution in [0.4, 0.5) is 11.4 Å². The van der Waals surface area contributed by atoms with Crippen molar-refractivity contribution in [3.63, 3.8) is 0 Å². The minimum absolute atomic E-state index is 0.0645. The van der Waals surface area contributed by atoms with E-state index in [1.54, 1.807) is 13.0 Å². The second kappa shape index (κ2) is 8.30. The van der Waals surface area contributed by atoms with Gasteiger partial charge in [-0.15, -0.1) is 0 Å². The van der Waals surface area contributed by atoms with Crippen molar-refractivity contribution >= 4 is 27.3 Å². The molecule has 1 unspecified atom stereocenters. The predicted octanol–water partition coefficient (Wildman–Crippen LogP) is 3.72. The summed E-state index contributed by atoms with van der Waals surface area (Å²) in [7, 11) is -3.70. The van der Waals surface area contributed by atoms with Crippen LogP contribution < -0.4 is 5.32 Å². The molecule has 1 heterocycles. The Kier molecular flexibility index (Phi) is 5.99. The molecule has 3 rings (SSSR count). The van der Waals surface area contributed by atoms with Crippen molar-refractivity contribution in [1.29, 1.82) is 0 Å². The van der Waals surface area contributed by atoms with Gasteiger partial charge in [-0.1, -0.05) is 18.6 Å². The van der Waals surface area contributed by atoms with Gasteiger partial charge in [-0.05, 0) is 51.0 Å². The molecule has 1 atom stereocenters. The van der Waals surface area contributed by atoms with E-state index in [1.807, 2.05) is 6.92 Å². The maximum Gasteiger partial charge on any atom is 0.274 e. The summed E-state index contributed by atoms with van der Waals surface area (Å²) in [5.74, 6) is -0.530. The molecule has 2 aromatic rings. The largest absolute Gasteiger partial charge is 0.321 e. The number of rotatable bonds is 5. The second-order valence-corrected chi connectivity index (χ2v) is 9.04. The maximum atomic E-state index is 13.0. The fraction of sp³-hybridized carbons (Fsp3) is 0.350. The van der Waals surface area contributed by atoms with Crippen LogP contribution in [-0.4, -0.2) is 36.1 Å². The molecule has 2 aromatic carbocycles. The van der Waals surface area contributed by atoms with Gasteiger partial charge in [-0.25, -0.2) is 8.42 Å². The van der Waals surface area contributed by atoms with Gasteiger partial charge in [0.15, 0.2) is 0 Å². The first kappa shape index (κ1) is 20.9. The van der Waals surface area contributed by atoms with Crippen molar-refractivity contribution in [2.75, 3.05) is 11.9 Å². The summed E-state index contributed by atoms with van der Waals surface area (Å²) in [6.45, 7) is 3.90. The van der Waals surface area contributed by atoms with Gasteiger partial charge < -0.3 is 5.32 Å². The van der Waals surface area contributed by atoms with Crippen LogP contribution in [0.25, 0.3) is 0 Å². The van der Waals surface area contributed by atoms with Gasteiger partial charge >= 0.3 is 0 Å². The molecule has 154 valence electrons. The monoisotopic (exact) mass is 417 g/mol. The molecule has 0 radical (unpaired) electrons. The smallest absolute Gasteiger partial charge is 0.274 e. The van der Waals surface area contributed by atoms with Gasteiger partial charge in [-0.2, -0.15) is 4.31 Å². The lowest BCUT2D eigenvalue weighted by molar-refractivity contribution is -0.385. The lowest BCUT2D eigenvalue weighted by Gasteiger charge is -2.32. The maximum absolute atomic E-state index is 13.0. The van der Waals surface area contributed by atoms with Gasteiger partial charge in [0, 0.05) is 24.2 Å². The quantitative estimate of drug-likeness (QED) is 0.589. The molecule has 1 saturated heterocycles. The van der Waals surface area contributed by atoms with Crippen LogP contribution in [0.1, 0.15) is 42.1 Å². The molecule has 1 N–H and O–H groups in total. The summed E-state index contributed by atoms with van der Waals surface area (Å²) in [5.41, 5.74) is 0.707. The first-order valence-corrected chi connectivity index (χ1v) is 10.8. The van der Waals surface area contributed by atoms with Crippen molar-refractivity contribution in [1.82, 2.24) is 4.31 Å². The van der Waals surface area contributed by atoms with Gasteiger partial charge in [0.1, 0.15) is 0 Å². The number of amides is 1. The van der Waals surface area contributed by atoms with Crippen molar-refractivity contribution in [3.05, 3.63) is 63.7 Å². The number of hydrogen-bond acceptors (Lipinski definition) is 5. The molecule has 0 saturated carbocycles. The third kappa shape index (κ3) is 4.30. The van der Waals surface area contributed by atoms with Gasteiger partial charge in [-0.3, -0.25) is 14.9 Å². The third-order valence-corrected chi connectivity index (χ3v) is 7.20. The van der Waals surface area contributed by atoms with Crippen LogP contribution in [-0.2, 0) is 10.0 Å². The van der Waals surface area contributed by atoms with Crippen molar-refractivity contribution in [2.24, 2.45) is 0 Å². The number of nitrogens with zero attached hydrogens (tertiary/aromatic N) is 2. The van der Waals surface area contributed by atoms with E-state index in [0.717, 1.165) is 19.3 Å². The molecule has 1 fully saturated rings. The molecule has 1 aliphatic heterocycles. The number of benzene rings is 2. The molecule has 0 aromatic heterocycles. The first-order valence-electron chi connectivity index (χ1n) is 9.39. The Morgan fingerprint density at radius 1 is 1.21 bits per heavy atom. The predicted molar refractivity (Wildman–Crippen MR) is 109 cm³/mol. The van der Waals surface area contributed by atoms with E-state index >= 15 is 0 Å². The number of sulfonamides is 1. The standard InChI is InChI=1S/C20H23N3O5S/c1-14-7-3-4-12-22(14)29(27,28)17-9-5-8-16(13-17)20(24)21-18-10-6-11-19(15(18)2)23(25)26/h5-6,8-11,13-14H,3-4,7,12H2,1-2H3,(H,21,24). The van der Waals surface area contributed by atoms with E-state index in [9.17, 15) is 23.3 Å². The summed E-state index contributed by atoms with van der Waals surface area (Å²) in [6.07, 6.45) is 2.62. The Balaban J connectivity index is 1.87. The Morgan fingerprint density at radius 3 is 2.62 bits per heavy atom. The summed E-state index contributed by atoms with van der Waals surface area (Å²) >= 11 is 0. The highest BCUT2D eigenvalue weighted by Gasteiger charge is 2.31. The molecule has 0 bridgehead atoms. The molecule has 1 amide bonds. The zero-order valence-electron chi connectivity index (χ0n) is 16.3. The Bertz CT molecular complexity index is 1050. The SMILES string of the molecule is Cc1c(NC(=O)c2cccc(S(=O)(=O)N3CCCCC3C)c2)cccc1[N+](=O)[O-]. The second-order valence-electron chi connectivity index (χ2n) is 7.15. The molecule has 29 heavy (non-hydrogen) atoms. The van der Waals surface area contributed by atoms with Crippen molar-refractivity contribution in [3.8, 4) is 0 Å². The van der Waals surface area contributed by atoms with Crippen LogP contribution in [0.3, 0.4) is 0 Å². The lowest BCUT2D eigenvalue weighted by Crippen LogP contribution is -2.41. The minimum Gasteiger partial charge on any atom is -0.321 e. The third-order valence-electron chi connectivity index (χ3n) is 5.19. The molecule has 8 nitrogen and oxygen atoms in total. The zero-order chi connectivity index (χ0) is 21.2. The molecule has 0 spiro atoms. The highest BCUT2D eigenvalue weighted by molar-refractivity contribution is 7.89. The number of carbonyl (C=O) groups is 1.